The predicted octanol–water partition coefficient (Wildman–Crippen LogP) is -0.0712. The molecule has 3 heteroatoms. The second-order valence-corrected chi connectivity index (χ2v) is 3.73. The number of rotatable bonds is 2. The molecule has 1 rings (SSSR count). The van der Waals surface area contributed by atoms with Gasteiger partial charge in [-0.3, -0.25) is 0 Å². The molecule has 0 bridgehead atoms. The number of hydrogen-bond acceptors (Lipinski definition) is 2. The Hall–Kier alpha value is 0.478. The number of hydrogen-bond donors (Lipinski definition) is 0. The van der Waals surface area contributed by atoms with Gasteiger partial charge >= 0.3 is 73.3 Å². The topological polar surface area (TPSA) is 6.48 Å². The molecule has 0 radical (unpaired) electrons. The van der Waals surface area contributed by atoms with Crippen LogP contribution in [0.1, 0.15) is 6.42 Å². The molecule has 0 aliphatic carbocycles. The maximum absolute atomic E-state index is 2.39. The third kappa shape index (κ3) is 1.98. The fourth-order valence-electron chi connectivity index (χ4n) is 1.33. The van der Waals surface area contributed by atoms with Gasteiger partial charge in [0.25, 0.3) is 0 Å². The van der Waals surface area contributed by atoms with Gasteiger partial charge in [-0.15, -0.1) is 0 Å². The van der Waals surface area contributed by atoms with Crippen molar-refractivity contribution in [2.75, 3.05) is 27.2 Å². The van der Waals surface area contributed by atoms with Crippen molar-refractivity contribution in [1.82, 2.24) is 9.80 Å². The van der Waals surface area contributed by atoms with Gasteiger partial charge < -0.3 is 0 Å². The van der Waals surface area contributed by atoms with Gasteiger partial charge in [-0.25, -0.2) is 0 Å². The molecule has 1 atom stereocenters. The van der Waals surface area contributed by atoms with E-state index >= 15 is 0 Å². The fourth-order valence-corrected chi connectivity index (χ4v) is 1.95. The van der Waals surface area contributed by atoms with Crippen molar-refractivity contribution in [2.24, 2.45) is 0 Å². The standard InChI is InChI=1S/C7H14N2.W/c1-8(2)7-4-5-9(3)6-7;/h1,7H,4-6H2,2-3H3;/t7-;/m1./s1. The van der Waals surface area contributed by atoms with Gasteiger partial charge in [0.2, 0.25) is 0 Å². The van der Waals surface area contributed by atoms with E-state index < -0.39 is 0 Å². The molecular formula is C7H14N2W. The van der Waals surface area contributed by atoms with Crippen LogP contribution in [0, 0.1) is 0 Å². The van der Waals surface area contributed by atoms with Crippen LogP contribution in [0.4, 0.5) is 0 Å². The first-order valence-electron chi connectivity index (χ1n) is 3.60. The van der Waals surface area contributed by atoms with Crippen molar-refractivity contribution in [3.63, 3.8) is 0 Å². The molecule has 1 saturated heterocycles. The molecule has 58 valence electrons. The molecule has 10 heavy (non-hydrogen) atoms. The second kappa shape index (κ2) is 3.75. The number of nitrogens with zero attached hydrogens (tertiary/aromatic N) is 2. The van der Waals surface area contributed by atoms with E-state index in [9.17, 15) is 0 Å². The first kappa shape index (κ1) is 8.57. The minimum absolute atomic E-state index is 0.780. The third-order valence-corrected chi connectivity index (χ3v) is 3.30. The van der Waals surface area contributed by atoms with E-state index in [1.165, 1.54) is 19.5 Å². The number of likely N-dealkylation sites (N-methyl/N-ethyl adjacent to an activating group) is 2. The Morgan fingerprint density at radius 1 is 1.70 bits per heavy atom. The Bertz CT molecular complexity index is 127. The van der Waals surface area contributed by atoms with Crippen LogP contribution in [-0.4, -0.2) is 47.6 Å². The summed E-state index contributed by atoms with van der Waals surface area (Å²) in [5, 5.41) is 0. The van der Waals surface area contributed by atoms with Crippen LogP contribution in [0.15, 0.2) is 0 Å². The summed E-state index contributed by atoms with van der Waals surface area (Å²) in [6.45, 7) is 2.50. The van der Waals surface area contributed by atoms with Crippen LogP contribution in [0.2, 0.25) is 0 Å². The summed E-state index contributed by atoms with van der Waals surface area (Å²) in [5.41, 5.74) is 0. The Kier molecular flexibility index (Phi) is 3.22. The molecule has 1 aliphatic rings. The van der Waals surface area contributed by atoms with Crippen LogP contribution in [0.25, 0.3) is 0 Å². The molecular weight excluding hydrogens is 296 g/mol. The summed E-state index contributed by atoms with van der Waals surface area (Å²) >= 11 is 1.55. The average Bonchev–Trinajstić information content (AvgIpc) is 2.34. The molecule has 0 saturated carbocycles. The summed E-state index contributed by atoms with van der Waals surface area (Å²) in [6, 6.07) is 0.780. The van der Waals surface area contributed by atoms with Crippen molar-refractivity contribution in [3.05, 3.63) is 0 Å². The van der Waals surface area contributed by atoms with Gasteiger partial charge in [-0.05, 0) is 0 Å². The summed E-state index contributed by atoms with van der Waals surface area (Å²) in [5.74, 6) is 0. The molecule has 2 nitrogen and oxygen atoms in total. The molecule has 1 fully saturated rings. The van der Waals surface area contributed by atoms with Crippen molar-refractivity contribution < 1.29 is 19.4 Å². The Balaban J connectivity index is 2.36. The van der Waals surface area contributed by atoms with E-state index in [0.717, 1.165) is 6.04 Å². The van der Waals surface area contributed by atoms with Crippen molar-refractivity contribution in [2.45, 2.75) is 12.5 Å². The van der Waals surface area contributed by atoms with Crippen molar-refractivity contribution in [3.8, 4) is 0 Å². The molecule has 0 aromatic rings. The van der Waals surface area contributed by atoms with E-state index in [2.05, 4.69) is 28.4 Å². The summed E-state index contributed by atoms with van der Waals surface area (Å²) in [4.78, 5) is 4.73. The molecule has 0 aromatic carbocycles. The second-order valence-electron chi connectivity index (χ2n) is 2.98. The summed E-state index contributed by atoms with van der Waals surface area (Å²) in [6.07, 6.45) is 1.33. The third-order valence-electron chi connectivity index (χ3n) is 2.11. The molecule has 0 unspecified atom stereocenters. The van der Waals surface area contributed by atoms with E-state index in [1.54, 1.807) is 19.4 Å². The van der Waals surface area contributed by atoms with Crippen LogP contribution in [-0.2, 0) is 19.4 Å². The van der Waals surface area contributed by atoms with Crippen molar-refractivity contribution in [1.29, 1.82) is 0 Å². The van der Waals surface area contributed by atoms with Crippen molar-refractivity contribution >= 4 is 4.52 Å². The summed E-state index contributed by atoms with van der Waals surface area (Å²) < 4.78 is 2.24. The molecule has 1 heterocycles. The molecule has 0 N–H and O–H groups in total. The maximum atomic E-state index is 2.39. The minimum atomic E-state index is 0.780. The van der Waals surface area contributed by atoms with Crippen LogP contribution in [0.5, 0.6) is 0 Å². The van der Waals surface area contributed by atoms with Gasteiger partial charge in [-0.2, -0.15) is 0 Å². The molecule has 1 aliphatic heterocycles. The fraction of sp³-hybridized carbons (Fsp3) is 0.857. The van der Waals surface area contributed by atoms with E-state index in [4.69, 9.17) is 0 Å². The average molecular weight is 310 g/mol. The van der Waals surface area contributed by atoms with Crippen LogP contribution >= 0.6 is 0 Å². The summed E-state index contributed by atoms with van der Waals surface area (Å²) in [7, 11) is 4.37. The van der Waals surface area contributed by atoms with E-state index in [-0.39, 0.29) is 0 Å². The number of likely N-dealkylation sites (tertiary alicyclic amines) is 1. The van der Waals surface area contributed by atoms with Gasteiger partial charge in [0.15, 0.2) is 0 Å². The monoisotopic (exact) mass is 310 g/mol. The van der Waals surface area contributed by atoms with Gasteiger partial charge in [-0.1, -0.05) is 0 Å². The van der Waals surface area contributed by atoms with Crippen LogP contribution in [0.3, 0.4) is 0 Å². The SMILES string of the molecule is CN1CC[C@@H](N(C)[CH]=[W])C1. The molecule has 0 aromatic heterocycles. The quantitative estimate of drug-likeness (QED) is 0.704. The van der Waals surface area contributed by atoms with Gasteiger partial charge in [0, 0.05) is 0 Å². The van der Waals surface area contributed by atoms with Crippen LogP contribution < -0.4 is 0 Å². The Morgan fingerprint density at radius 2 is 2.40 bits per heavy atom. The Labute approximate surface area is 73.6 Å². The Morgan fingerprint density at radius 3 is 2.80 bits per heavy atom. The zero-order chi connectivity index (χ0) is 7.56. The first-order chi connectivity index (χ1) is 4.74. The van der Waals surface area contributed by atoms with E-state index in [0.29, 0.717) is 0 Å². The predicted molar refractivity (Wildman–Crippen MR) is 39.7 cm³/mol. The first-order valence-corrected chi connectivity index (χ1v) is 5.29. The van der Waals surface area contributed by atoms with Gasteiger partial charge in [0.05, 0.1) is 0 Å². The van der Waals surface area contributed by atoms with E-state index in [1.807, 2.05) is 0 Å². The zero-order valence-corrected chi connectivity index (χ0v) is 9.51. The zero-order valence-electron chi connectivity index (χ0n) is 6.58. The van der Waals surface area contributed by atoms with Gasteiger partial charge in [0.1, 0.15) is 0 Å². The normalized spacial score (nSPS) is 27.7. The molecule has 0 amide bonds. The molecule has 0 spiro atoms.